The number of hydrogen-bond donors (Lipinski definition) is 0. The molecule has 4 heteroatoms. The van der Waals surface area contributed by atoms with Gasteiger partial charge in [-0.15, -0.1) is 6.58 Å². The van der Waals surface area contributed by atoms with Crippen LogP contribution in [0.4, 0.5) is 5.69 Å². The molecule has 156 valence electrons. The number of nitrogens with zero attached hydrogens (tertiary/aromatic N) is 3. The van der Waals surface area contributed by atoms with Gasteiger partial charge in [-0.25, -0.2) is 0 Å². The maximum Gasteiger partial charge on any atom is 0.0730 e. The van der Waals surface area contributed by atoms with Crippen LogP contribution in [-0.2, 0) is 19.5 Å². The van der Waals surface area contributed by atoms with Gasteiger partial charge in [0.1, 0.15) is 0 Å². The fourth-order valence-corrected chi connectivity index (χ4v) is 5.14. The van der Waals surface area contributed by atoms with Gasteiger partial charge in [0.2, 0.25) is 0 Å². The van der Waals surface area contributed by atoms with Crippen molar-refractivity contribution in [1.82, 2.24) is 9.55 Å². The molecule has 0 radical (unpaired) electrons. The average Bonchev–Trinajstić information content (AvgIpc) is 3.11. The van der Waals surface area contributed by atoms with Crippen molar-refractivity contribution < 1.29 is 0 Å². The van der Waals surface area contributed by atoms with Gasteiger partial charge in [0, 0.05) is 48.1 Å². The Labute approximate surface area is 188 Å². The van der Waals surface area contributed by atoms with E-state index in [9.17, 15) is 0 Å². The number of benzene rings is 2. The number of anilines is 1. The van der Waals surface area contributed by atoms with Crippen molar-refractivity contribution in [1.29, 1.82) is 0 Å². The zero-order chi connectivity index (χ0) is 21.5. The summed E-state index contributed by atoms with van der Waals surface area (Å²) in [5.41, 5.74) is 10.5. The second-order valence-corrected chi connectivity index (χ2v) is 8.74. The quantitative estimate of drug-likeness (QED) is 0.329. The second-order valence-electron chi connectivity index (χ2n) is 8.30. The highest BCUT2D eigenvalue weighted by atomic mass is 35.5. The van der Waals surface area contributed by atoms with Crippen LogP contribution in [0.5, 0.6) is 0 Å². The van der Waals surface area contributed by atoms with Crippen molar-refractivity contribution >= 4 is 28.2 Å². The van der Waals surface area contributed by atoms with Crippen LogP contribution in [0, 0.1) is 13.8 Å². The molecule has 4 aromatic rings. The van der Waals surface area contributed by atoms with Crippen LogP contribution in [0.1, 0.15) is 22.4 Å². The Hall–Kier alpha value is -3.04. The summed E-state index contributed by atoms with van der Waals surface area (Å²) in [5.74, 6) is 0. The van der Waals surface area contributed by atoms with Crippen molar-refractivity contribution in [3.8, 4) is 11.1 Å². The zero-order valence-electron chi connectivity index (χ0n) is 18.0. The van der Waals surface area contributed by atoms with Gasteiger partial charge in [0.05, 0.1) is 11.2 Å². The van der Waals surface area contributed by atoms with Gasteiger partial charge in [-0.2, -0.15) is 0 Å². The fraction of sp³-hybridized carbons (Fsp3) is 0.222. The monoisotopic (exact) mass is 427 g/mol. The highest BCUT2D eigenvalue weighted by Gasteiger charge is 2.27. The van der Waals surface area contributed by atoms with Crippen LogP contribution >= 0.6 is 11.6 Å². The van der Waals surface area contributed by atoms with Gasteiger partial charge >= 0.3 is 0 Å². The number of hydrogen-bond acceptors (Lipinski definition) is 2. The van der Waals surface area contributed by atoms with Crippen LogP contribution < -0.4 is 4.90 Å². The first-order valence-corrected chi connectivity index (χ1v) is 11.1. The topological polar surface area (TPSA) is 21.1 Å². The average molecular weight is 428 g/mol. The Balaban J connectivity index is 1.79. The molecule has 1 aliphatic heterocycles. The van der Waals surface area contributed by atoms with E-state index >= 15 is 0 Å². The van der Waals surface area contributed by atoms with Crippen molar-refractivity contribution in [3.63, 3.8) is 0 Å². The third-order valence-electron chi connectivity index (χ3n) is 6.42. The summed E-state index contributed by atoms with van der Waals surface area (Å²) in [6.45, 7) is 11.4. The molecule has 3 heterocycles. The van der Waals surface area contributed by atoms with Crippen molar-refractivity contribution in [2.45, 2.75) is 33.4 Å². The van der Waals surface area contributed by atoms with E-state index in [0.717, 1.165) is 31.1 Å². The lowest BCUT2D eigenvalue weighted by Gasteiger charge is -2.34. The Kier molecular flexibility index (Phi) is 5.07. The molecular weight excluding hydrogens is 402 g/mol. The third kappa shape index (κ3) is 3.34. The van der Waals surface area contributed by atoms with E-state index in [2.05, 4.69) is 65.2 Å². The van der Waals surface area contributed by atoms with Gasteiger partial charge < -0.3 is 9.47 Å². The molecule has 1 aliphatic rings. The molecule has 3 nitrogen and oxygen atoms in total. The SMILES string of the molecule is C=CCc1c(C)c2c3c(cc(C)n3CCN2Cc2ccncc2)c1-c1ccc(Cl)cc1. The Bertz CT molecular complexity index is 1270. The minimum Gasteiger partial charge on any atom is -0.363 e. The largest absolute Gasteiger partial charge is 0.363 e. The number of rotatable bonds is 5. The predicted molar refractivity (Wildman–Crippen MR) is 131 cm³/mol. The molecular formula is C27H26ClN3. The maximum absolute atomic E-state index is 6.20. The summed E-state index contributed by atoms with van der Waals surface area (Å²) in [7, 11) is 0. The number of allylic oxidation sites excluding steroid dienone is 1. The molecule has 5 rings (SSSR count). The Morgan fingerprint density at radius 1 is 1.06 bits per heavy atom. The third-order valence-corrected chi connectivity index (χ3v) is 6.67. The number of aryl methyl sites for hydroxylation is 1. The summed E-state index contributed by atoms with van der Waals surface area (Å²) in [4.78, 5) is 6.71. The summed E-state index contributed by atoms with van der Waals surface area (Å²) >= 11 is 6.20. The van der Waals surface area contributed by atoms with Gasteiger partial charge in [0.25, 0.3) is 0 Å². The zero-order valence-corrected chi connectivity index (χ0v) is 18.8. The van der Waals surface area contributed by atoms with E-state index in [1.807, 2.05) is 30.6 Å². The molecule has 0 fully saturated rings. The van der Waals surface area contributed by atoms with Crippen molar-refractivity contribution in [3.05, 3.63) is 94.9 Å². The molecule has 2 aromatic heterocycles. The van der Waals surface area contributed by atoms with E-state index in [1.165, 1.54) is 50.1 Å². The van der Waals surface area contributed by atoms with E-state index in [-0.39, 0.29) is 0 Å². The Morgan fingerprint density at radius 3 is 2.52 bits per heavy atom. The normalized spacial score (nSPS) is 13.1. The van der Waals surface area contributed by atoms with Crippen molar-refractivity contribution in [2.24, 2.45) is 0 Å². The van der Waals surface area contributed by atoms with E-state index in [4.69, 9.17) is 11.6 Å². The van der Waals surface area contributed by atoms with E-state index < -0.39 is 0 Å². The summed E-state index contributed by atoms with van der Waals surface area (Å²) in [5, 5.41) is 2.08. The highest BCUT2D eigenvalue weighted by Crippen LogP contribution is 2.45. The summed E-state index contributed by atoms with van der Waals surface area (Å²) in [6, 6.07) is 14.8. The number of pyridine rings is 1. The summed E-state index contributed by atoms with van der Waals surface area (Å²) in [6.07, 6.45) is 6.60. The van der Waals surface area contributed by atoms with Crippen LogP contribution in [0.3, 0.4) is 0 Å². The van der Waals surface area contributed by atoms with E-state index in [0.29, 0.717) is 0 Å². The maximum atomic E-state index is 6.20. The first-order valence-electron chi connectivity index (χ1n) is 10.7. The van der Waals surface area contributed by atoms with Crippen LogP contribution in [0.15, 0.2) is 67.5 Å². The molecule has 0 atom stereocenters. The molecule has 0 unspecified atom stereocenters. The van der Waals surface area contributed by atoms with Crippen molar-refractivity contribution in [2.75, 3.05) is 11.4 Å². The summed E-state index contributed by atoms with van der Waals surface area (Å²) < 4.78 is 2.48. The number of halogens is 1. The van der Waals surface area contributed by atoms with Gasteiger partial charge in [-0.1, -0.05) is 29.8 Å². The molecule has 0 saturated heterocycles. The fourth-order valence-electron chi connectivity index (χ4n) is 5.01. The predicted octanol–water partition coefficient (Wildman–Crippen LogP) is 6.72. The lowest BCUT2D eigenvalue weighted by atomic mass is 9.88. The molecule has 0 aliphatic carbocycles. The molecule has 0 saturated carbocycles. The lowest BCUT2D eigenvalue weighted by Crippen LogP contribution is -2.32. The van der Waals surface area contributed by atoms with Crippen LogP contribution in [0.2, 0.25) is 5.02 Å². The van der Waals surface area contributed by atoms with Crippen LogP contribution in [0.25, 0.3) is 22.0 Å². The van der Waals surface area contributed by atoms with Gasteiger partial charge in [-0.05, 0) is 78.4 Å². The minimum absolute atomic E-state index is 0.761. The van der Waals surface area contributed by atoms with E-state index in [1.54, 1.807) is 0 Å². The smallest absolute Gasteiger partial charge is 0.0730 e. The second kappa shape index (κ2) is 7.90. The molecule has 0 amide bonds. The first-order chi connectivity index (χ1) is 15.1. The van der Waals surface area contributed by atoms with Gasteiger partial charge in [0.15, 0.2) is 0 Å². The standard InChI is InChI=1S/C27H26ClN3/c1-4-5-23-19(3)26-27-24(25(23)21-6-8-22(28)9-7-21)16-18(2)31(27)15-14-30(26)17-20-10-12-29-13-11-20/h4,6-13,16H,1,5,14-15,17H2,2-3H3. The van der Waals surface area contributed by atoms with Crippen LogP contribution in [-0.4, -0.2) is 16.1 Å². The highest BCUT2D eigenvalue weighted by molar-refractivity contribution is 6.30. The molecule has 0 spiro atoms. The lowest BCUT2D eigenvalue weighted by molar-refractivity contribution is 0.636. The minimum atomic E-state index is 0.761. The Morgan fingerprint density at radius 2 is 1.81 bits per heavy atom. The molecule has 0 bridgehead atoms. The molecule has 2 aromatic carbocycles. The first kappa shape index (κ1) is 19.9. The molecule has 0 N–H and O–H groups in total. The number of aromatic nitrogens is 2. The molecule has 31 heavy (non-hydrogen) atoms. The van der Waals surface area contributed by atoms with Gasteiger partial charge in [-0.3, -0.25) is 4.98 Å².